The maximum absolute atomic E-state index is 12.7. The number of hydrogen-bond acceptors (Lipinski definition) is 5. The topological polar surface area (TPSA) is 96.5 Å². The van der Waals surface area contributed by atoms with Crippen LogP contribution in [0.3, 0.4) is 0 Å². The van der Waals surface area contributed by atoms with E-state index in [2.05, 4.69) is 10.1 Å². The zero-order chi connectivity index (χ0) is 18.1. The van der Waals surface area contributed by atoms with Crippen molar-refractivity contribution in [1.82, 2.24) is 10.1 Å². The van der Waals surface area contributed by atoms with Crippen molar-refractivity contribution >= 4 is 17.6 Å². The van der Waals surface area contributed by atoms with Gasteiger partial charge >= 0.3 is 5.97 Å². The van der Waals surface area contributed by atoms with Crippen LogP contribution in [-0.4, -0.2) is 33.7 Å². The predicted octanol–water partition coefficient (Wildman–Crippen LogP) is 2.87. The second-order valence-corrected chi connectivity index (χ2v) is 6.98. The standard InChI is InChI=1S/C19H21N3O4/c23-17(10-9-16-20-18(21-26-16)12-5-1-2-6-12)22-11-14(19(24)25)13-7-3-4-8-15(13)22/h3-4,7-8,12,14H,1-2,5-6,9-11H2,(H,24,25). The Kier molecular flexibility index (Phi) is 4.44. The summed E-state index contributed by atoms with van der Waals surface area (Å²) in [7, 11) is 0. The number of hydrogen-bond donors (Lipinski definition) is 1. The molecular formula is C19H21N3O4. The third-order valence-electron chi connectivity index (χ3n) is 5.32. The highest BCUT2D eigenvalue weighted by molar-refractivity contribution is 5.99. The zero-order valence-electron chi connectivity index (χ0n) is 14.4. The minimum Gasteiger partial charge on any atom is -0.481 e. The van der Waals surface area contributed by atoms with Crippen LogP contribution in [0.5, 0.6) is 0 Å². The Labute approximate surface area is 151 Å². The van der Waals surface area contributed by atoms with Gasteiger partial charge in [0, 0.05) is 31.0 Å². The number of rotatable bonds is 5. The van der Waals surface area contributed by atoms with Crippen LogP contribution in [-0.2, 0) is 16.0 Å². The third-order valence-corrected chi connectivity index (χ3v) is 5.32. The van der Waals surface area contributed by atoms with Crippen LogP contribution in [0.15, 0.2) is 28.8 Å². The smallest absolute Gasteiger partial charge is 0.312 e. The van der Waals surface area contributed by atoms with Crippen LogP contribution in [0.4, 0.5) is 5.69 Å². The fourth-order valence-electron chi connectivity index (χ4n) is 3.92. The average Bonchev–Trinajstić information content (AvgIpc) is 3.37. The molecule has 0 radical (unpaired) electrons. The largest absolute Gasteiger partial charge is 0.481 e. The number of carboxylic acid groups (broad SMARTS) is 1. The molecule has 2 aromatic rings. The van der Waals surface area contributed by atoms with Gasteiger partial charge in [0.2, 0.25) is 11.8 Å². The number of aromatic nitrogens is 2. The van der Waals surface area contributed by atoms with Gasteiger partial charge in [-0.15, -0.1) is 0 Å². The lowest BCUT2D eigenvalue weighted by molar-refractivity contribution is -0.138. The summed E-state index contributed by atoms with van der Waals surface area (Å²) in [6.07, 6.45) is 5.18. The van der Waals surface area contributed by atoms with Crippen molar-refractivity contribution < 1.29 is 19.2 Å². The van der Waals surface area contributed by atoms with Gasteiger partial charge in [0.15, 0.2) is 5.82 Å². The van der Waals surface area contributed by atoms with Crippen LogP contribution in [0.2, 0.25) is 0 Å². The van der Waals surface area contributed by atoms with Crippen molar-refractivity contribution in [3.63, 3.8) is 0 Å². The summed E-state index contributed by atoms with van der Waals surface area (Å²) in [5.74, 6) is -0.102. The van der Waals surface area contributed by atoms with Gasteiger partial charge in [-0.2, -0.15) is 4.98 Å². The Morgan fingerprint density at radius 3 is 2.77 bits per heavy atom. The van der Waals surface area contributed by atoms with Crippen molar-refractivity contribution in [2.24, 2.45) is 0 Å². The highest BCUT2D eigenvalue weighted by atomic mass is 16.5. The Hall–Kier alpha value is -2.70. The number of anilines is 1. The van der Waals surface area contributed by atoms with E-state index in [1.54, 1.807) is 23.1 Å². The second-order valence-electron chi connectivity index (χ2n) is 6.98. The monoisotopic (exact) mass is 355 g/mol. The number of carboxylic acids is 1. The molecule has 1 unspecified atom stereocenters. The van der Waals surface area contributed by atoms with Crippen LogP contribution in [0, 0.1) is 0 Å². The number of amides is 1. The molecule has 1 aliphatic heterocycles. The van der Waals surface area contributed by atoms with Gasteiger partial charge in [-0.1, -0.05) is 36.2 Å². The van der Waals surface area contributed by atoms with Gasteiger partial charge in [-0.3, -0.25) is 9.59 Å². The van der Waals surface area contributed by atoms with E-state index in [9.17, 15) is 14.7 Å². The zero-order valence-corrected chi connectivity index (χ0v) is 14.4. The summed E-state index contributed by atoms with van der Waals surface area (Å²) < 4.78 is 5.29. The molecule has 1 fully saturated rings. The molecular weight excluding hydrogens is 334 g/mol. The van der Waals surface area contributed by atoms with Gasteiger partial charge in [0.05, 0.1) is 0 Å². The van der Waals surface area contributed by atoms with Gasteiger partial charge in [0.1, 0.15) is 5.92 Å². The third kappa shape index (κ3) is 3.09. The minimum absolute atomic E-state index is 0.123. The predicted molar refractivity (Wildman–Crippen MR) is 93.0 cm³/mol. The summed E-state index contributed by atoms with van der Waals surface area (Å²) in [6.45, 7) is 0.171. The molecule has 7 nitrogen and oxygen atoms in total. The Morgan fingerprint density at radius 1 is 1.23 bits per heavy atom. The van der Waals surface area contributed by atoms with Crippen molar-refractivity contribution in [3.8, 4) is 0 Å². The fourth-order valence-corrected chi connectivity index (χ4v) is 3.92. The molecule has 7 heteroatoms. The van der Waals surface area contributed by atoms with Gasteiger partial charge in [0.25, 0.3) is 0 Å². The fraction of sp³-hybridized carbons (Fsp3) is 0.474. The molecule has 0 bridgehead atoms. The highest BCUT2D eigenvalue weighted by Gasteiger charge is 2.36. The van der Waals surface area contributed by atoms with Crippen molar-refractivity contribution in [2.75, 3.05) is 11.4 Å². The van der Waals surface area contributed by atoms with Crippen LogP contribution >= 0.6 is 0 Å². The van der Waals surface area contributed by atoms with E-state index >= 15 is 0 Å². The summed E-state index contributed by atoms with van der Waals surface area (Å²) in [5.41, 5.74) is 1.37. The SMILES string of the molecule is O=C(O)C1CN(C(=O)CCc2nc(C3CCCC3)no2)c2ccccc21. The lowest BCUT2D eigenvalue weighted by atomic mass is 10.0. The van der Waals surface area contributed by atoms with E-state index in [0.717, 1.165) is 18.7 Å². The van der Waals surface area contributed by atoms with E-state index in [4.69, 9.17) is 4.52 Å². The van der Waals surface area contributed by atoms with Crippen LogP contribution in [0.1, 0.15) is 61.2 Å². The summed E-state index contributed by atoms with van der Waals surface area (Å²) >= 11 is 0. The molecule has 1 amide bonds. The van der Waals surface area contributed by atoms with E-state index in [0.29, 0.717) is 29.5 Å². The van der Waals surface area contributed by atoms with Crippen molar-refractivity contribution in [2.45, 2.75) is 50.4 Å². The Morgan fingerprint density at radius 2 is 2.00 bits per heavy atom. The molecule has 136 valence electrons. The van der Waals surface area contributed by atoms with E-state index in [1.807, 2.05) is 6.07 Å². The first-order valence-corrected chi connectivity index (χ1v) is 9.08. The number of fused-ring (bicyclic) bond motifs is 1. The molecule has 1 saturated carbocycles. The van der Waals surface area contributed by atoms with Gasteiger partial charge in [-0.05, 0) is 24.5 Å². The first-order chi connectivity index (χ1) is 12.6. The molecule has 1 atom stereocenters. The number of benzene rings is 1. The quantitative estimate of drug-likeness (QED) is 0.886. The number of carbonyl (C=O) groups is 2. The summed E-state index contributed by atoms with van der Waals surface area (Å²) in [4.78, 5) is 30.1. The van der Waals surface area contributed by atoms with Gasteiger partial charge < -0.3 is 14.5 Å². The maximum atomic E-state index is 12.7. The number of aryl methyl sites for hydroxylation is 1. The molecule has 0 saturated heterocycles. The lowest BCUT2D eigenvalue weighted by Crippen LogP contribution is -2.31. The molecule has 1 aromatic heterocycles. The Bertz CT molecular complexity index is 826. The average molecular weight is 355 g/mol. The van der Waals surface area contributed by atoms with E-state index in [-0.39, 0.29) is 18.9 Å². The summed E-state index contributed by atoms with van der Waals surface area (Å²) in [6, 6.07) is 7.18. The second kappa shape index (κ2) is 6.90. The normalized spacial score (nSPS) is 19.7. The molecule has 0 spiro atoms. The molecule has 2 heterocycles. The number of aliphatic carboxylic acids is 1. The highest BCUT2D eigenvalue weighted by Crippen LogP contribution is 2.36. The molecule has 1 N–H and O–H groups in total. The first kappa shape index (κ1) is 16.8. The van der Waals surface area contributed by atoms with E-state index in [1.165, 1.54) is 12.8 Å². The maximum Gasteiger partial charge on any atom is 0.312 e. The Balaban J connectivity index is 1.42. The lowest BCUT2D eigenvalue weighted by Gasteiger charge is -2.16. The van der Waals surface area contributed by atoms with Crippen LogP contribution < -0.4 is 4.90 Å². The summed E-state index contributed by atoms with van der Waals surface area (Å²) in [5, 5.41) is 13.5. The molecule has 1 aliphatic carbocycles. The van der Waals surface area contributed by atoms with Crippen molar-refractivity contribution in [1.29, 1.82) is 0 Å². The molecule has 26 heavy (non-hydrogen) atoms. The number of para-hydroxylation sites is 1. The van der Waals surface area contributed by atoms with Crippen LogP contribution in [0.25, 0.3) is 0 Å². The van der Waals surface area contributed by atoms with Gasteiger partial charge in [-0.25, -0.2) is 0 Å². The molecule has 4 rings (SSSR count). The molecule has 2 aliphatic rings. The minimum atomic E-state index is -0.911. The van der Waals surface area contributed by atoms with Crippen molar-refractivity contribution in [3.05, 3.63) is 41.5 Å². The first-order valence-electron chi connectivity index (χ1n) is 9.08. The molecule has 1 aromatic carbocycles. The van der Waals surface area contributed by atoms with E-state index < -0.39 is 11.9 Å². The number of nitrogens with zero attached hydrogens (tertiary/aromatic N) is 3. The number of carbonyl (C=O) groups excluding carboxylic acids is 1.